The first-order chi connectivity index (χ1) is 12.2. The zero-order valence-corrected chi connectivity index (χ0v) is 14.9. The average molecular weight is 365 g/mol. The molecule has 1 heterocycles. The molecule has 0 saturated carbocycles. The first kappa shape index (κ1) is 19.6. The quantitative estimate of drug-likeness (QED) is 0.797. The summed E-state index contributed by atoms with van der Waals surface area (Å²) in [7, 11) is 0. The summed E-state index contributed by atoms with van der Waals surface area (Å²) in [6.45, 7) is 4.64. The van der Waals surface area contributed by atoms with Gasteiger partial charge in [-0.3, -0.25) is 0 Å². The van der Waals surface area contributed by atoms with Gasteiger partial charge in [-0.25, -0.2) is 4.79 Å². The third-order valence-corrected chi connectivity index (χ3v) is 3.86. The van der Waals surface area contributed by atoms with E-state index in [4.69, 9.17) is 0 Å². The van der Waals surface area contributed by atoms with Crippen molar-refractivity contribution in [3.05, 3.63) is 59.8 Å². The first-order valence-electron chi connectivity index (χ1n) is 8.23. The minimum Gasteiger partial charge on any atom is -0.341 e. The number of allylic oxidation sites excluding steroid dienone is 3. The van der Waals surface area contributed by atoms with Crippen LogP contribution in [0.15, 0.2) is 54.3 Å². The van der Waals surface area contributed by atoms with Crippen molar-refractivity contribution in [2.24, 2.45) is 0 Å². The Morgan fingerprint density at radius 2 is 2.08 bits per heavy atom. The molecule has 7 heteroatoms. The maximum absolute atomic E-state index is 12.2. The highest BCUT2D eigenvalue weighted by Crippen LogP contribution is 2.27. The predicted octanol–water partition coefficient (Wildman–Crippen LogP) is 4.90. The van der Waals surface area contributed by atoms with E-state index in [-0.39, 0.29) is 6.04 Å². The summed E-state index contributed by atoms with van der Waals surface area (Å²) < 4.78 is 36.5. The molecule has 1 unspecified atom stereocenters. The molecule has 0 aliphatic carbocycles. The lowest BCUT2D eigenvalue weighted by Crippen LogP contribution is -2.36. The van der Waals surface area contributed by atoms with Gasteiger partial charge in [0.05, 0.1) is 0 Å². The Hall–Kier alpha value is -2.70. The Bertz CT molecular complexity index is 751. The molecule has 0 fully saturated rings. The number of rotatable bonds is 4. The van der Waals surface area contributed by atoms with Gasteiger partial charge in [0, 0.05) is 23.6 Å². The van der Waals surface area contributed by atoms with Crippen molar-refractivity contribution in [1.82, 2.24) is 10.2 Å². The number of halogens is 3. The lowest BCUT2D eigenvalue weighted by atomic mass is 10.0. The molecule has 1 aromatic rings. The molecule has 0 aromatic heterocycles. The predicted molar refractivity (Wildman–Crippen MR) is 97.4 cm³/mol. The number of hydrogen-bond donors (Lipinski definition) is 2. The van der Waals surface area contributed by atoms with Gasteiger partial charge in [-0.05, 0) is 44.5 Å². The van der Waals surface area contributed by atoms with Gasteiger partial charge in [0.1, 0.15) is 6.54 Å². The molecule has 2 amide bonds. The van der Waals surface area contributed by atoms with Crippen LogP contribution in [-0.2, 0) is 0 Å². The molecule has 0 bridgehead atoms. The average Bonchev–Trinajstić information content (AvgIpc) is 2.55. The molecule has 0 radical (unpaired) electrons. The van der Waals surface area contributed by atoms with Crippen molar-refractivity contribution in [2.45, 2.75) is 33.0 Å². The van der Waals surface area contributed by atoms with E-state index in [1.165, 1.54) is 5.57 Å². The summed E-state index contributed by atoms with van der Waals surface area (Å²) in [5.74, 6) is 0. The van der Waals surface area contributed by atoms with Crippen LogP contribution >= 0.6 is 0 Å². The summed E-state index contributed by atoms with van der Waals surface area (Å²) in [6, 6.07) is 6.26. The first-order valence-corrected chi connectivity index (χ1v) is 8.23. The largest absolute Gasteiger partial charge is 0.405 e. The number of nitrogens with one attached hydrogen (secondary N) is 2. The van der Waals surface area contributed by atoms with E-state index in [1.807, 2.05) is 38.3 Å². The monoisotopic (exact) mass is 365 g/mol. The normalized spacial score (nSPS) is 17.8. The van der Waals surface area contributed by atoms with Gasteiger partial charge in [0.2, 0.25) is 0 Å². The topological polar surface area (TPSA) is 44.4 Å². The fourth-order valence-corrected chi connectivity index (χ4v) is 2.73. The number of anilines is 1. The molecule has 4 nitrogen and oxygen atoms in total. The lowest BCUT2D eigenvalue weighted by Gasteiger charge is -2.31. The van der Waals surface area contributed by atoms with E-state index in [9.17, 15) is 18.0 Å². The van der Waals surface area contributed by atoms with Crippen molar-refractivity contribution in [3.8, 4) is 0 Å². The molecule has 2 rings (SSSR count). The van der Waals surface area contributed by atoms with Gasteiger partial charge in [-0.15, -0.1) is 0 Å². The van der Waals surface area contributed by atoms with Crippen molar-refractivity contribution >= 4 is 17.4 Å². The number of amides is 2. The Morgan fingerprint density at radius 3 is 2.69 bits per heavy atom. The summed E-state index contributed by atoms with van der Waals surface area (Å²) in [5.41, 5.74) is 3.39. The Balaban J connectivity index is 2.12. The molecular formula is C19H22F3N3O. The second-order valence-electron chi connectivity index (χ2n) is 6.05. The number of benzene rings is 1. The molecular weight excluding hydrogens is 343 g/mol. The molecule has 1 aliphatic heterocycles. The Morgan fingerprint density at radius 1 is 1.35 bits per heavy atom. The highest BCUT2D eigenvalue weighted by molar-refractivity contribution is 5.89. The zero-order chi connectivity index (χ0) is 19.3. The van der Waals surface area contributed by atoms with Crippen LogP contribution in [-0.4, -0.2) is 29.7 Å². The van der Waals surface area contributed by atoms with E-state index in [0.717, 1.165) is 11.3 Å². The van der Waals surface area contributed by atoms with Gasteiger partial charge in [-0.2, -0.15) is 13.2 Å². The summed E-state index contributed by atoms with van der Waals surface area (Å²) in [5, 5.41) is 4.22. The third kappa shape index (κ3) is 5.40. The number of alkyl halides is 3. The van der Waals surface area contributed by atoms with Gasteiger partial charge in [0.15, 0.2) is 0 Å². The smallest absolute Gasteiger partial charge is 0.341 e. The van der Waals surface area contributed by atoms with Crippen molar-refractivity contribution in [2.75, 3.05) is 11.9 Å². The number of carbonyl (C=O) groups excluding carboxylic acids is 1. The summed E-state index contributed by atoms with van der Waals surface area (Å²) in [6.07, 6.45) is 3.65. The van der Waals surface area contributed by atoms with E-state index < -0.39 is 18.8 Å². The van der Waals surface area contributed by atoms with Crippen LogP contribution in [0.4, 0.5) is 23.7 Å². The molecule has 1 atom stereocenters. The van der Waals surface area contributed by atoms with E-state index >= 15 is 0 Å². The highest BCUT2D eigenvalue weighted by Gasteiger charge is 2.27. The lowest BCUT2D eigenvalue weighted by molar-refractivity contribution is -0.122. The van der Waals surface area contributed by atoms with E-state index in [1.54, 1.807) is 23.5 Å². The van der Waals surface area contributed by atoms with Gasteiger partial charge in [-0.1, -0.05) is 29.9 Å². The zero-order valence-electron chi connectivity index (χ0n) is 14.9. The third-order valence-electron chi connectivity index (χ3n) is 3.86. The van der Waals surface area contributed by atoms with Crippen LogP contribution in [0.5, 0.6) is 0 Å². The molecule has 26 heavy (non-hydrogen) atoms. The van der Waals surface area contributed by atoms with Crippen LogP contribution in [0.3, 0.4) is 0 Å². The molecule has 140 valence electrons. The fourth-order valence-electron chi connectivity index (χ4n) is 2.73. The molecule has 0 spiro atoms. The van der Waals surface area contributed by atoms with Gasteiger partial charge in [0.25, 0.3) is 0 Å². The standard InChI is InChI=1S/C19H22F3N3O/c1-4-17(25-9-8-13(2)10-14(25)3)15-6-5-7-16(11-15)24-18(26)23-12-19(20,21)22/h4-11,14H,12H2,1-3H3,(H2,23,24,26)/b17-4-. The minimum atomic E-state index is -4.44. The van der Waals surface area contributed by atoms with Crippen molar-refractivity contribution in [1.29, 1.82) is 0 Å². The number of hydrogen-bond acceptors (Lipinski definition) is 2. The minimum absolute atomic E-state index is 0.165. The van der Waals surface area contributed by atoms with Crippen LogP contribution in [0.25, 0.3) is 5.70 Å². The number of carbonyl (C=O) groups is 1. The van der Waals surface area contributed by atoms with E-state index in [2.05, 4.69) is 23.2 Å². The Kier molecular flexibility index (Phi) is 6.13. The van der Waals surface area contributed by atoms with E-state index in [0.29, 0.717) is 5.69 Å². The molecule has 2 N–H and O–H groups in total. The Labute approximate surface area is 151 Å². The second-order valence-corrected chi connectivity index (χ2v) is 6.05. The molecule has 1 aliphatic rings. The van der Waals surface area contributed by atoms with Crippen LogP contribution in [0, 0.1) is 0 Å². The van der Waals surface area contributed by atoms with Gasteiger partial charge >= 0.3 is 12.2 Å². The number of nitrogens with zero attached hydrogens (tertiary/aromatic N) is 1. The second kappa shape index (κ2) is 8.12. The van der Waals surface area contributed by atoms with Gasteiger partial charge < -0.3 is 15.5 Å². The fraction of sp³-hybridized carbons (Fsp3) is 0.316. The van der Waals surface area contributed by atoms with Crippen molar-refractivity contribution < 1.29 is 18.0 Å². The van der Waals surface area contributed by atoms with Crippen LogP contribution in [0.1, 0.15) is 26.3 Å². The molecule has 1 aromatic carbocycles. The highest BCUT2D eigenvalue weighted by atomic mass is 19.4. The number of urea groups is 1. The maximum Gasteiger partial charge on any atom is 0.405 e. The SMILES string of the molecule is C/C=C(/c1cccc(NC(=O)NCC(F)(F)F)c1)N1C=CC(C)=CC1C. The summed E-state index contributed by atoms with van der Waals surface area (Å²) in [4.78, 5) is 13.7. The van der Waals surface area contributed by atoms with Crippen molar-refractivity contribution in [3.63, 3.8) is 0 Å². The van der Waals surface area contributed by atoms with Crippen LogP contribution in [0.2, 0.25) is 0 Å². The summed E-state index contributed by atoms with van der Waals surface area (Å²) >= 11 is 0. The van der Waals surface area contributed by atoms with Crippen LogP contribution < -0.4 is 10.6 Å². The molecule has 0 saturated heterocycles. The maximum atomic E-state index is 12.2.